The SMILES string of the molecule is CC1=C(C(=O)Nc2ccccc2)C(c2cccc(C)c2)n2nc(-c3ccccc3Cl)nc2N1. The lowest BCUT2D eigenvalue weighted by Gasteiger charge is -2.29. The Labute approximate surface area is 196 Å². The van der Waals surface area contributed by atoms with Crippen molar-refractivity contribution in [3.63, 3.8) is 0 Å². The van der Waals surface area contributed by atoms with Gasteiger partial charge in [0.1, 0.15) is 6.04 Å². The highest BCUT2D eigenvalue weighted by atomic mass is 35.5. The zero-order valence-corrected chi connectivity index (χ0v) is 19.0. The lowest BCUT2D eigenvalue weighted by Crippen LogP contribution is -2.31. The van der Waals surface area contributed by atoms with E-state index >= 15 is 0 Å². The Hall–Kier alpha value is -3.90. The average molecular weight is 456 g/mol. The second kappa shape index (κ2) is 8.56. The third kappa shape index (κ3) is 4.01. The van der Waals surface area contributed by atoms with Crippen LogP contribution in [0.4, 0.5) is 11.6 Å². The number of carbonyl (C=O) groups is 1. The summed E-state index contributed by atoms with van der Waals surface area (Å²) in [6.45, 7) is 3.92. The van der Waals surface area contributed by atoms with Crippen molar-refractivity contribution in [2.45, 2.75) is 19.9 Å². The maximum absolute atomic E-state index is 13.5. The Bertz CT molecular complexity index is 1380. The maximum atomic E-state index is 13.5. The number of hydrogen-bond acceptors (Lipinski definition) is 4. The van der Waals surface area contributed by atoms with Crippen molar-refractivity contribution >= 4 is 29.1 Å². The van der Waals surface area contributed by atoms with Crippen molar-refractivity contribution < 1.29 is 4.79 Å². The molecule has 33 heavy (non-hydrogen) atoms. The molecule has 1 aromatic heterocycles. The Morgan fingerprint density at radius 3 is 2.52 bits per heavy atom. The molecule has 1 aliphatic heterocycles. The highest BCUT2D eigenvalue weighted by molar-refractivity contribution is 6.33. The number of rotatable bonds is 4. The van der Waals surface area contributed by atoms with Gasteiger partial charge >= 0.3 is 0 Å². The van der Waals surface area contributed by atoms with E-state index in [0.717, 1.165) is 28.1 Å². The van der Waals surface area contributed by atoms with Crippen molar-refractivity contribution in [3.05, 3.63) is 106 Å². The van der Waals surface area contributed by atoms with Crippen LogP contribution in [-0.2, 0) is 4.79 Å². The maximum Gasteiger partial charge on any atom is 0.255 e. The zero-order chi connectivity index (χ0) is 22.9. The molecule has 4 aromatic rings. The first-order chi connectivity index (χ1) is 16.0. The minimum Gasteiger partial charge on any atom is -0.328 e. The van der Waals surface area contributed by atoms with Crippen LogP contribution in [0, 0.1) is 6.92 Å². The van der Waals surface area contributed by atoms with Crippen molar-refractivity contribution in [2.75, 3.05) is 10.6 Å². The van der Waals surface area contributed by atoms with Crippen LogP contribution in [-0.4, -0.2) is 20.7 Å². The summed E-state index contributed by atoms with van der Waals surface area (Å²) in [5.41, 5.74) is 4.81. The standard InChI is InChI=1S/C26H22ClN5O/c1-16-9-8-10-18(15-16)23-22(25(33)29-19-11-4-3-5-12-19)17(2)28-26-30-24(31-32(23)26)20-13-6-7-14-21(20)27/h3-15,23H,1-2H3,(H,29,33)(H,28,30,31). The van der Waals surface area contributed by atoms with Gasteiger partial charge in [-0.05, 0) is 43.7 Å². The number of halogens is 1. The van der Waals surface area contributed by atoms with Gasteiger partial charge in [-0.2, -0.15) is 4.98 Å². The van der Waals surface area contributed by atoms with E-state index in [0.29, 0.717) is 22.4 Å². The second-order valence-electron chi connectivity index (χ2n) is 7.98. The summed E-state index contributed by atoms with van der Waals surface area (Å²) in [6, 6.07) is 24.5. The topological polar surface area (TPSA) is 71.8 Å². The molecular weight excluding hydrogens is 434 g/mol. The number of anilines is 2. The van der Waals surface area contributed by atoms with Gasteiger partial charge in [0, 0.05) is 16.9 Å². The predicted molar refractivity (Wildman–Crippen MR) is 131 cm³/mol. The van der Waals surface area contributed by atoms with Crippen molar-refractivity contribution in [3.8, 4) is 11.4 Å². The van der Waals surface area contributed by atoms with Gasteiger partial charge in [-0.3, -0.25) is 4.79 Å². The molecule has 0 radical (unpaired) electrons. The van der Waals surface area contributed by atoms with Gasteiger partial charge in [0.05, 0.1) is 10.6 Å². The van der Waals surface area contributed by atoms with Crippen LogP contribution < -0.4 is 10.6 Å². The average Bonchev–Trinajstić information content (AvgIpc) is 3.22. The van der Waals surface area contributed by atoms with Crippen LogP contribution in [0.1, 0.15) is 24.1 Å². The van der Waals surface area contributed by atoms with Gasteiger partial charge < -0.3 is 10.6 Å². The highest BCUT2D eigenvalue weighted by Crippen LogP contribution is 2.37. The summed E-state index contributed by atoms with van der Waals surface area (Å²) >= 11 is 6.41. The minimum atomic E-state index is -0.450. The minimum absolute atomic E-state index is 0.196. The summed E-state index contributed by atoms with van der Waals surface area (Å²) in [7, 11) is 0. The Morgan fingerprint density at radius 2 is 1.76 bits per heavy atom. The molecule has 1 amide bonds. The fourth-order valence-corrected chi connectivity index (χ4v) is 4.29. The molecule has 1 unspecified atom stereocenters. The van der Waals surface area contributed by atoms with Gasteiger partial charge in [-0.1, -0.05) is 71.8 Å². The smallest absolute Gasteiger partial charge is 0.255 e. The largest absolute Gasteiger partial charge is 0.328 e. The number of benzene rings is 3. The molecule has 1 atom stereocenters. The molecule has 2 N–H and O–H groups in total. The van der Waals surface area contributed by atoms with E-state index in [1.54, 1.807) is 4.68 Å². The molecule has 0 bridgehead atoms. The normalized spacial score (nSPS) is 15.1. The monoisotopic (exact) mass is 455 g/mol. The number of carbonyl (C=O) groups excluding carboxylic acids is 1. The molecule has 7 heteroatoms. The number of hydrogen-bond donors (Lipinski definition) is 2. The summed E-state index contributed by atoms with van der Waals surface area (Å²) in [5, 5.41) is 11.6. The van der Waals surface area contributed by atoms with E-state index in [9.17, 15) is 4.79 Å². The number of nitrogens with one attached hydrogen (secondary N) is 2. The zero-order valence-electron chi connectivity index (χ0n) is 18.2. The molecular formula is C26H22ClN5O. The Balaban J connectivity index is 1.63. The van der Waals surface area contributed by atoms with E-state index in [4.69, 9.17) is 21.7 Å². The first-order valence-electron chi connectivity index (χ1n) is 10.6. The van der Waals surface area contributed by atoms with Crippen LogP contribution in [0.5, 0.6) is 0 Å². The second-order valence-corrected chi connectivity index (χ2v) is 8.39. The lowest BCUT2D eigenvalue weighted by atomic mass is 9.94. The lowest BCUT2D eigenvalue weighted by molar-refractivity contribution is -0.113. The van der Waals surface area contributed by atoms with Crippen LogP contribution in [0.3, 0.4) is 0 Å². The third-order valence-corrected chi connectivity index (χ3v) is 5.93. The fourth-order valence-electron chi connectivity index (χ4n) is 4.07. The molecule has 0 saturated heterocycles. The first-order valence-corrected chi connectivity index (χ1v) is 11.0. The molecule has 3 aromatic carbocycles. The van der Waals surface area contributed by atoms with Gasteiger partial charge in [-0.25, -0.2) is 4.68 Å². The number of fused-ring (bicyclic) bond motifs is 1. The molecule has 5 rings (SSSR count). The molecule has 0 aliphatic carbocycles. The number of amides is 1. The van der Waals surface area contributed by atoms with Crippen molar-refractivity contribution in [1.29, 1.82) is 0 Å². The summed E-state index contributed by atoms with van der Waals surface area (Å²) in [4.78, 5) is 18.2. The highest BCUT2D eigenvalue weighted by Gasteiger charge is 2.34. The molecule has 0 fully saturated rings. The van der Waals surface area contributed by atoms with E-state index in [1.165, 1.54) is 0 Å². The van der Waals surface area contributed by atoms with Crippen LogP contribution in [0.2, 0.25) is 5.02 Å². The molecule has 0 saturated carbocycles. The Morgan fingerprint density at radius 1 is 1.00 bits per heavy atom. The third-order valence-electron chi connectivity index (χ3n) is 5.60. The Kier molecular flexibility index (Phi) is 5.44. The van der Waals surface area contributed by atoms with E-state index < -0.39 is 6.04 Å². The molecule has 164 valence electrons. The molecule has 0 spiro atoms. The van der Waals surface area contributed by atoms with Crippen LogP contribution in [0.15, 0.2) is 90.1 Å². The van der Waals surface area contributed by atoms with E-state index in [2.05, 4.69) is 16.7 Å². The van der Waals surface area contributed by atoms with Crippen LogP contribution in [0.25, 0.3) is 11.4 Å². The number of allylic oxidation sites excluding steroid dienone is 1. The fraction of sp³-hybridized carbons (Fsp3) is 0.115. The number of aryl methyl sites for hydroxylation is 1. The molecule has 6 nitrogen and oxygen atoms in total. The summed E-state index contributed by atoms with van der Waals surface area (Å²) in [6.07, 6.45) is 0. The number of para-hydroxylation sites is 1. The molecule has 1 aliphatic rings. The quantitative estimate of drug-likeness (QED) is 0.406. The van der Waals surface area contributed by atoms with Gasteiger partial charge in [-0.15, -0.1) is 5.10 Å². The van der Waals surface area contributed by atoms with Gasteiger partial charge in [0.2, 0.25) is 5.95 Å². The van der Waals surface area contributed by atoms with Gasteiger partial charge in [0.15, 0.2) is 5.82 Å². The first kappa shape index (κ1) is 21.0. The van der Waals surface area contributed by atoms with E-state index in [-0.39, 0.29) is 5.91 Å². The van der Waals surface area contributed by atoms with E-state index in [1.807, 2.05) is 86.6 Å². The number of nitrogens with zero attached hydrogens (tertiary/aromatic N) is 3. The van der Waals surface area contributed by atoms with Crippen molar-refractivity contribution in [2.24, 2.45) is 0 Å². The van der Waals surface area contributed by atoms with Gasteiger partial charge in [0.25, 0.3) is 5.91 Å². The predicted octanol–water partition coefficient (Wildman–Crippen LogP) is 5.83. The summed E-state index contributed by atoms with van der Waals surface area (Å²) in [5.74, 6) is 0.863. The number of aromatic nitrogens is 3. The van der Waals surface area contributed by atoms with Crippen LogP contribution >= 0.6 is 11.6 Å². The van der Waals surface area contributed by atoms with Crippen molar-refractivity contribution in [1.82, 2.24) is 14.8 Å². The molecule has 2 heterocycles. The summed E-state index contributed by atoms with van der Waals surface area (Å²) < 4.78 is 1.76.